The van der Waals surface area contributed by atoms with Crippen molar-refractivity contribution in [3.8, 4) is 5.75 Å². The van der Waals surface area contributed by atoms with Gasteiger partial charge in [0.15, 0.2) is 5.60 Å². The molecule has 2 aliphatic heterocycles. The molecule has 2 N–H and O–H groups in total. The van der Waals surface area contributed by atoms with Crippen LogP contribution in [0, 0.1) is 19.8 Å². The molecule has 2 aliphatic rings. The van der Waals surface area contributed by atoms with Gasteiger partial charge in [0.25, 0.3) is 5.91 Å². The molecular weight excluding hydrogens is 402 g/mol. The SMILES string of the molecule is Cc1cc(C)cc(OC(C)(C)C(=O)NC[C@H]2C[C@H]3CC[C@@H](C2)N3CC(=O)NC(C)(C)C)c1. The third kappa shape index (κ3) is 6.47. The van der Waals surface area contributed by atoms with Crippen LogP contribution >= 0.6 is 0 Å². The number of nitrogens with zero attached hydrogens (tertiary/aromatic N) is 1. The highest BCUT2D eigenvalue weighted by Gasteiger charge is 2.42. The minimum Gasteiger partial charge on any atom is -0.478 e. The Labute approximate surface area is 193 Å². The van der Waals surface area contributed by atoms with Crippen LogP contribution in [0.3, 0.4) is 0 Å². The fourth-order valence-electron chi connectivity index (χ4n) is 5.22. The number of fused-ring (bicyclic) bond motifs is 2. The summed E-state index contributed by atoms with van der Waals surface area (Å²) >= 11 is 0. The smallest absolute Gasteiger partial charge is 0.263 e. The van der Waals surface area contributed by atoms with E-state index < -0.39 is 5.60 Å². The summed E-state index contributed by atoms with van der Waals surface area (Å²) in [7, 11) is 0. The Morgan fingerprint density at radius 2 is 1.56 bits per heavy atom. The zero-order valence-corrected chi connectivity index (χ0v) is 20.9. The Hall–Kier alpha value is -2.08. The molecule has 6 heteroatoms. The first-order valence-electron chi connectivity index (χ1n) is 11.9. The second-order valence-corrected chi connectivity index (χ2v) is 11.3. The first-order chi connectivity index (χ1) is 14.8. The zero-order chi connectivity index (χ0) is 23.7. The fraction of sp³-hybridized carbons (Fsp3) is 0.692. The number of piperidine rings is 1. The van der Waals surface area contributed by atoms with Crippen molar-refractivity contribution < 1.29 is 14.3 Å². The van der Waals surface area contributed by atoms with Crippen molar-refractivity contribution in [3.63, 3.8) is 0 Å². The minimum absolute atomic E-state index is 0.0870. The first kappa shape index (κ1) is 24.6. The van der Waals surface area contributed by atoms with E-state index in [1.54, 1.807) is 0 Å². The van der Waals surface area contributed by atoms with Crippen LogP contribution in [0.5, 0.6) is 5.75 Å². The molecule has 2 heterocycles. The van der Waals surface area contributed by atoms with Crippen LogP contribution in [0.15, 0.2) is 18.2 Å². The van der Waals surface area contributed by atoms with E-state index in [2.05, 4.69) is 21.6 Å². The van der Waals surface area contributed by atoms with Crippen molar-refractivity contribution in [1.82, 2.24) is 15.5 Å². The lowest BCUT2D eigenvalue weighted by Crippen LogP contribution is -2.53. The molecule has 178 valence electrons. The Bertz CT molecular complexity index is 809. The second kappa shape index (κ2) is 9.42. The molecule has 2 amide bonds. The number of hydrogen-bond acceptors (Lipinski definition) is 4. The summed E-state index contributed by atoms with van der Waals surface area (Å²) in [5, 5.41) is 6.21. The van der Waals surface area contributed by atoms with E-state index in [0.29, 0.717) is 31.1 Å². The number of ether oxygens (including phenoxy) is 1. The molecular formula is C26H41N3O3. The number of rotatable bonds is 7. The molecule has 0 radical (unpaired) electrons. The Kier molecular flexibility index (Phi) is 7.23. The predicted molar refractivity (Wildman–Crippen MR) is 128 cm³/mol. The normalized spacial score (nSPS) is 23.7. The molecule has 2 saturated heterocycles. The third-order valence-electron chi connectivity index (χ3n) is 6.49. The van der Waals surface area contributed by atoms with E-state index >= 15 is 0 Å². The molecule has 3 rings (SSSR count). The van der Waals surface area contributed by atoms with Crippen molar-refractivity contribution in [2.45, 2.75) is 97.4 Å². The molecule has 2 bridgehead atoms. The number of carbonyl (C=O) groups excluding carboxylic acids is 2. The van der Waals surface area contributed by atoms with Crippen LogP contribution in [-0.4, -0.2) is 53.0 Å². The van der Waals surface area contributed by atoms with E-state index in [0.717, 1.165) is 42.6 Å². The zero-order valence-electron chi connectivity index (χ0n) is 20.9. The van der Waals surface area contributed by atoms with Gasteiger partial charge in [-0.15, -0.1) is 0 Å². The van der Waals surface area contributed by atoms with Gasteiger partial charge in [-0.05, 0) is 103 Å². The standard InChI is InChI=1S/C26H41N3O3/c1-17-10-18(2)12-22(11-17)32-26(6,7)24(31)27-15-19-13-20-8-9-21(14-19)29(20)16-23(30)28-25(3,4)5/h10-12,19-21H,8-9,13-16H2,1-7H3,(H,27,31)(H,28,30)/t19-,20+,21-. The Balaban J connectivity index is 1.50. The monoisotopic (exact) mass is 443 g/mol. The van der Waals surface area contributed by atoms with Crippen molar-refractivity contribution in [1.29, 1.82) is 0 Å². The van der Waals surface area contributed by atoms with E-state index in [9.17, 15) is 9.59 Å². The summed E-state index contributed by atoms with van der Waals surface area (Å²) < 4.78 is 6.06. The van der Waals surface area contributed by atoms with Gasteiger partial charge in [0.1, 0.15) is 5.75 Å². The molecule has 6 nitrogen and oxygen atoms in total. The number of carbonyl (C=O) groups is 2. The molecule has 0 spiro atoms. The average molecular weight is 444 g/mol. The van der Waals surface area contributed by atoms with Gasteiger partial charge in [-0.2, -0.15) is 0 Å². The van der Waals surface area contributed by atoms with Gasteiger partial charge in [-0.25, -0.2) is 0 Å². The summed E-state index contributed by atoms with van der Waals surface area (Å²) in [4.78, 5) is 27.7. The van der Waals surface area contributed by atoms with Gasteiger partial charge in [0.2, 0.25) is 5.91 Å². The molecule has 32 heavy (non-hydrogen) atoms. The van der Waals surface area contributed by atoms with Crippen molar-refractivity contribution >= 4 is 11.8 Å². The van der Waals surface area contributed by atoms with Crippen LogP contribution in [0.4, 0.5) is 0 Å². The maximum atomic E-state index is 12.9. The van der Waals surface area contributed by atoms with Crippen LogP contribution < -0.4 is 15.4 Å². The molecule has 0 aromatic heterocycles. The van der Waals surface area contributed by atoms with Crippen LogP contribution in [0.25, 0.3) is 0 Å². The topological polar surface area (TPSA) is 70.7 Å². The number of nitrogens with one attached hydrogen (secondary N) is 2. The van der Waals surface area contributed by atoms with Gasteiger partial charge in [0.05, 0.1) is 6.54 Å². The predicted octanol–water partition coefficient (Wildman–Crippen LogP) is 3.73. The molecule has 0 saturated carbocycles. The number of amides is 2. The number of hydrogen-bond donors (Lipinski definition) is 2. The molecule has 0 unspecified atom stereocenters. The Morgan fingerprint density at radius 3 is 2.09 bits per heavy atom. The van der Waals surface area contributed by atoms with Crippen molar-refractivity contribution in [2.24, 2.45) is 5.92 Å². The van der Waals surface area contributed by atoms with E-state index in [-0.39, 0.29) is 17.4 Å². The summed E-state index contributed by atoms with van der Waals surface area (Å²) in [5.41, 5.74) is 1.10. The maximum Gasteiger partial charge on any atom is 0.263 e. The number of benzene rings is 1. The maximum absolute atomic E-state index is 12.9. The van der Waals surface area contributed by atoms with Crippen LogP contribution in [0.2, 0.25) is 0 Å². The molecule has 3 atom stereocenters. The molecule has 1 aromatic rings. The van der Waals surface area contributed by atoms with Gasteiger partial charge in [-0.1, -0.05) is 6.07 Å². The fourth-order valence-corrected chi connectivity index (χ4v) is 5.22. The van der Waals surface area contributed by atoms with E-state index in [1.807, 2.05) is 60.6 Å². The first-order valence-corrected chi connectivity index (χ1v) is 11.9. The van der Waals surface area contributed by atoms with E-state index in [1.165, 1.54) is 0 Å². The lowest BCUT2D eigenvalue weighted by atomic mass is 9.90. The summed E-state index contributed by atoms with van der Waals surface area (Å²) in [6.45, 7) is 14.9. The van der Waals surface area contributed by atoms with Crippen molar-refractivity contribution in [3.05, 3.63) is 29.3 Å². The highest BCUT2D eigenvalue weighted by atomic mass is 16.5. The van der Waals surface area contributed by atoms with E-state index in [4.69, 9.17) is 4.74 Å². The largest absolute Gasteiger partial charge is 0.478 e. The third-order valence-corrected chi connectivity index (χ3v) is 6.49. The Morgan fingerprint density at radius 1 is 1.00 bits per heavy atom. The second-order valence-electron chi connectivity index (χ2n) is 11.3. The van der Waals surface area contributed by atoms with Crippen LogP contribution in [0.1, 0.15) is 71.4 Å². The van der Waals surface area contributed by atoms with Crippen molar-refractivity contribution in [2.75, 3.05) is 13.1 Å². The molecule has 1 aromatic carbocycles. The number of aryl methyl sites for hydroxylation is 2. The summed E-state index contributed by atoms with van der Waals surface area (Å²) in [6.07, 6.45) is 4.33. The van der Waals surface area contributed by atoms with Gasteiger partial charge in [-0.3, -0.25) is 14.5 Å². The highest BCUT2D eigenvalue weighted by molar-refractivity contribution is 5.84. The summed E-state index contributed by atoms with van der Waals surface area (Å²) in [5.74, 6) is 1.18. The molecule has 0 aliphatic carbocycles. The quantitative estimate of drug-likeness (QED) is 0.674. The summed E-state index contributed by atoms with van der Waals surface area (Å²) in [6, 6.07) is 6.88. The molecule has 2 fully saturated rings. The minimum atomic E-state index is -0.940. The van der Waals surface area contributed by atoms with Gasteiger partial charge in [0, 0.05) is 24.2 Å². The lowest BCUT2D eigenvalue weighted by molar-refractivity contribution is -0.134. The lowest BCUT2D eigenvalue weighted by Gasteiger charge is -2.39. The van der Waals surface area contributed by atoms with Crippen LogP contribution in [-0.2, 0) is 9.59 Å². The average Bonchev–Trinajstić information content (AvgIpc) is 2.85. The highest BCUT2D eigenvalue weighted by Crippen LogP contribution is 2.38. The van der Waals surface area contributed by atoms with Gasteiger partial charge < -0.3 is 15.4 Å². The van der Waals surface area contributed by atoms with Gasteiger partial charge >= 0.3 is 0 Å².